The number of aryl methyl sites for hydroxylation is 1. The van der Waals surface area contributed by atoms with Crippen LogP contribution in [0.3, 0.4) is 0 Å². The molecule has 0 aromatic carbocycles. The van der Waals surface area contributed by atoms with Crippen molar-refractivity contribution in [2.24, 2.45) is 7.05 Å². The average molecular weight is 266 g/mol. The Hall–Kier alpha value is -2.22. The number of amides is 1. The van der Waals surface area contributed by atoms with E-state index in [1.807, 2.05) is 16.8 Å². The van der Waals surface area contributed by atoms with Crippen molar-refractivity contribution in [1.29, 1.82) is 0 Å². The zero-order valence-electron chi connectivity index (χ0n) is 9.49. The minimum Gasteiger partial charge on any atom is -0.305 e. The second kappa shape index (κ2) is 4.96. The summed E-state index contributed by atoms with van der Waals surface area (Å²) in [5, 5.41) is 20.7. The van der Waals surface area contributed by atoms with Crippen LogP contribution in [0, 0.1) is 10.1 Å². The normalized spacial score (nSPS) is 10.3. The van der Waals surface area contributed by atoms with E-state index in [1.165, 1.54) is 23.1 Å². The van der Waals surface area contributed by atoms with Gasteiger partial charge in [-0.05, 0) is 22.4 Å². The van der Waals surface area contributed by atoms with Crippen molar-refractivity contribution >= 4 is 28.7 Å². The van der Waals surface area contributed by atoms with Gasteiger partial charge in [0.05, 0.1) is 11.3 Å². The van der Waals surface area contributed by atoms with Gasteiger partial charge in [-0.1, -0.05) is 0 Å². The molecule has 7 nitrogen and oxygen atoms in total. The lowest BCUT2D eigenvalue weighted by Crippen LogP contribution is -2.17. The summed E-state index contributed by atoms with van der Waals surface area (Å²) in [6.07, 6.45) is 1.30. The Morgan fingerprint density at radius 1 is 1.67 bits per heavy atom. The first-order chi connectivity index (χ1) is 8.58. The van der Waals surface area contributed by atoms with E-state index in [9.17, 15) is 14.9 Å². The lowest BCUT2D eigenvalue weighted by molar-refractivity contribution is -0.384. The van der Waals surface area contributed by atoms with Crippen LogP contribution in [0.1, 0.15) is 5.56 Å². The van der Waals surface area contributed by atoms with Gasteiger partial charge in [0.25, 0.3) is 0 Å². The van der Waals surface area contributed by atoms with Crippen molar-refractivity contribution < 1.29 is 9.72 Å². The average Bonchev–Trinajstić information content (AvgIpc) is 2.90. The smallest absolute Gasteiger partial charge is 0.305 e. The maximum Gasteiger partial charge on any atom is 0.331 e. The third kappa shape index (κ3) is 2.54. The topological polar surface area (TPSA) is 90.1 Å². The molecule has 0 aliphatic rings. The molecule has 0 aliphatic carbocycles. The highest BCUT2D eigenvalue weighted by atomic mass is 32.1. The molecular weight excluding hydrogens is 256 g/mol. The number of aromatic nitrogens is 2. The summed E-state index contributed by atoms with van der Waals surface area (Å²) in [6, 6.07) is 1.84. The number of nitrogens with zero attached hydrogens (tertiary/aromatic N) is 3. The molecule has 1 N–H and O–H groups in total. The van der Waals surface area contributed by atoms with Gasteiger partial charge in [0.2, 0.25) is 11.7 Å². The quantitative estimate of drug-likeness (QED) is 0.671. The second-order valence-corrected chi connectivity index (χ2v) is 4.40. The number of hydrogen-bond donors (Lipinski definition) is 1. The zero-order chi connectivity index (χ0) is 13.1. The number of nitro groups is 1. The fraction of sp³-hybridized carbons (Fsp3) is 0.200. The Bertz CT molecular complexity index is 576. The van der Waals surface area contributed by atoms with Crippen LogP contribution in [0.25, 0.3) is 0 Å². The van der Waals surface area contributed by atoms with E-state index in [1.54, 1.807) is 0 Å². The number of nitrogens with one attached hydrogen (secondary N) is 1. The first-order valence-electron chi connectivity index (χ1n) is 5.05. The van der Waals surface area contributed by atoms with Crippen molar-refractivity contribution in [3.63, 3.8) is 0 Å². The Morgan fingerprint density at radius 3 is 3.06 bits per heavy atom. The van der Waals surface area contributed by atoms with Crippen molar-refractivity contribution in [1.82, 2.24) is 9.78 Å². The first-order valence-corrected chi connectivity index (χ1v) is 5.99. The van der Waals surface area contributed by atoms with Gasteiger partial charge in [-0.25, -0.2) is 4.68 Å². The highest BCUT2D eigenvalue weighted by Crippen LogP contribution is 2.22. The molecule has 0 bridgehead atoms. The summed E-state index contributed by atoms with van der Waals surface area (Å²) in [6.45, 7) is 0. The highest BCUT2D eigenvalue weighted by Gasteiger charge is 2.20. The van der Waals surface area contributed by atoms with E-state index in [2.05, 4.69) is 10.4 Å². The van der Waals surface area contributed by atoms with Crippen LogP contribution in [-0.4, -0.2) is 20.6 Å². The molecule has 0 unspecified atom stereocenters. The fourth-order valence-electron chi connectivity index (χ4n) is 1.46. The minimum atomic E-state index is -0.576. The molecule has 0 saturated carbocycles. The number of anilines is 1. The van der Waals surface area contributed by atoms with Crippen molar-refractivity contribution in [2.45, 2.75) is 6.42 Å². The standard InChI is InChI=1S/C10H10N4O3S/c1-13-10(8(5-11-13)14(16)17)12-9(15)4-7-2-3-18-6-7/h2-3,5-6H,4H2,1H3,(H,12,15). The van der Waals surface area contributed by atoms with Crippen molar-refractivity contribution in [3.8, 4) is 0 Å². The molecule has 0 atom stereocenters. The fourth-order valence-corrected chi connectivity index (χ4v) is 2.13. The monoisotopic (exact) mass is 266 g/mol. The van der Waals surface area contributed by atoms with Crippen molar-refractivity contribution in [3.05, 3.63) is 38.7 Å². The number of thiophene rings is 1. The number of carbonyl (C=O) groups is 1. The number of carbonyl (C=O) groups excluding carboxylic acids is 1. The van der Waals surface area contributed by atoms with E-state index < -0.39 is 4.92 Å². The summed E-state index contributed by atoms with van der Waals surface area (Å²) in [4.78, 5) is 21.9. The zero-order valence-corrected chi connectivity index (χ0v) is 10.3. The van der Waals surface area contributed by atoms with Crippen LogP contribution in [0.5, 0.6) is 0 Å². The summed E-state index contributed by atoms with van der Waals surface area (Å²) >= 11 is 1.49. The molecule has 1 amide bonds. The van der Waals surface area contributed by atoms with Crippen LogP contribution < -0.4 is 5.32 Å². The lowest BCUT2D eigenvalue weighted by Gasteiger charge is -2.03. The van der Waals surface area contributed by atoms with Gasteiger partial charge in [0.15, 0.2) is 0 Å². The molecule has 8 heteroatoms. The molecule has 2 rings (SSSR count). The Balaban J connectivity index is 2.11. The SMILES string of the molecule is Cn1ncc([N+](=O)[O-])c1NC(=O)Cc1ccsc1. The highest BCUT2D eigenvalue weighted by molar-refractivity contribution is 7.08. The molecule has 18 heavy (non-hydrogen) atoms. The predicted molar refractivity (Wildman–Crippen MR) is 66.5 cm³/mol. The third-order valence-corrected chi connectivity index (χ3v) is 3.05. The van der Waals surface area contributed by atoms with E-state index in [4.69, 9.17) is 0 Å². The van der Waals surface area contributed by atoms with Gasteiger partial charge < -0.3 is 5.32 Å². The molecule has 2 aromatic heterocycles. The van der Waals surface area contributed by atoms with E-state index in [0.717, 1.165) is 11.8 Å². The molecule has 0 aliphatic heterocycles. The molecule has 94 valence electrons. The number of hydrogen-bond acceptors (Lipinski definition) is 5. The van der Waals surface area contributed by atoms with Crippen LogP contribution in [0.15, 0.2) is 23.0 Å². The van der Waals surface area contributed by atoms with E-state index >= 15 is 0 Å². The van der Waals surface area contributed by atoms with Crippen LogP contribution >= 0.6 is 11.3 Å². The third-order valence-electron chi connectivity index (χ3n) is 2.32. The van der Waals surface area contributed by atoms with Gasteiger partial charge in [-0.2, -0.15) is 16.4 Å². The molecule has 2 aromatic rings. The lowest BCUT2D eigenvalue weighted by atomic mass is 10.2. The predicted octanol–water partition coefficient (Wildman–Crippen LogP) is 1.57. The van der Waals surface area contributed by atoms with Gasteiger partial charge in [0, 0.05) is 7.05 Å². The van der Waals surface area contributed by atoms with Gasteiger partial charge in [-0.15, -0.1) is 0 Å². The molecule has 2 heterocycles. The largest absolute Gasteiger partial charge is 0.331 e. The molecule has 0 saturated heterocycles. The van der Waals surface area contributed by atoms with Gasteiger partial charge >= 0.3 is 5.69 Å². The summed E-state index contributed by atoms with van der Waals surface area (Å²) < 4.78 is 1.27. The van der Waals surface area contributed by atoms with Crippen LogP contribution in [0.4, 0.5) is 11.5 Å². The summed E-state index contributed by atoms with van der Waals surface area (Å²) in [5.41, 5.74) is 0.665. The Labute approximate surface area is 106 Å². The van der Waals surface area contributed by atoms with E-state index in [-0.39, 0.29) is 23.8 Å². The van der Waals surface area contributed by atoms with Crippen LogP contribution in [-0.2, 0) is 18.3 Å². The maximum absolute atomic E-state index is 11.7. The molecule has 0 radical (unpaired) electrons. The van der Waals surface area contributed by atoms with Crippen molar-refractivity contribution in [2.75, 3.05) is 5.32 Å². The summed E-state index contributed by atoms with van der Waals surface area (Å²) in [7, 11) is 1.53. The summed E-state index contributed by atoms with van der Waals surface area (Å²) in [5.74, 6) is -0.208. The maximum atomic E-state index is 11.7. The Kier molecular flexibility index (Phi) is 3.38. The van der Waals surface area contributed by atoms with Gasteiger partial charge in [0.1, 0.15) is 6.20 Å². The Morgan fingerprint density at radius 2 is 2.44 bits per heavy atom. The van der Waals surface area contributed by atoms with Crippen LogP contribution in [0.2, 0.25) is 0 Å². The molecule has 0 spiro atoms. The second-order valence-electron chi connectivity index (χ2n) is 3.62. The number of rotatable bonds is 4. The van der Waals surface area contributed by atoms with E-state index in [0.29, 0.717) is 0 Å². The minimum absolute atomic E-state index is 0.0974. The molecular formula is C10H10N4O3S. The van der Waals surface area contributed by atoms with Gasteiger partial charge in [-0.3, -0.25) is 14.9 Å². The first kappa shape index (κ1) is 12.2. The molecule has 0 fully saturated rings.